The molecule has 1 aliphatic heterocycles. The van der Waals surface area contributed by atoms with Crippen molar-refractivity contribution in [3.63, 3.8) is 0 Å². The molecule has 1 aromatic heterocycles. The standard InChI is InChI=1S/C20H14Cl2N4O3/c21-12-4-6-14(7-5-12)24-19(27)15-10-23-26-17(11-2-1-3-13(22)8-11)9-16(20(28)29)25-18(15)26/h1-10,17,25H,(H,24,27)(H,28,29)/t17-/m1/s1. The van der Waals surface area contributed by atoms with Gasteiger partial charge in [0.15, 0.2) is 0 Å². The Morgan fingerprint density at radius 1 is 1.10 bits per heavy atom. The molecule has 0 aliphatic carbocycles. The summed E-state index contributed by atoms with van der Waals surface area (Å²) in [5.41, 5.74) is 1.45. The highest BCUT2D eigenvalue weighted by Gasteiger charge is 2.29. The topological polar surface area (TPSA) is 96.2 Å². The predicted octanol–water partition coefficient (Wildman–Crippen LogP) is 4.43. The van der Waals surface area contributed by atoms with Gasteiger partial charge in [0.05, 0.1) is 12.2 Å². The SMILES string of the molecule is O=C(O)C1=C[C@H](c2cccc(Cl)c2)n2ncc(C(=O)Nc3ccc(Cl)cc3)c2N1. The maximum absolute atomic E-state index is 12.8. The van der Waals surface area contributed by atoms with E-state index in [0.29, 0.717) is 15.7 Å². The van der Waals surface area contributed by atoms with Gasteiger partial charge >= 0.3 is 5.97 Å². The van der Waals surface area contributed by atoms with Crippen LogP contribution in [-0.2, 0) is 4.79 Å². The molecule has 1 atom stereocenters. The van der Waals surface area contributed by atoms with Gasteiger partial charge in [-0.05, 0) is 48.0 Å². The molecule has 29 heavy (non-hydrogen) atoms. The van der Waals surface area contributed by atoms with Crippen LogP contribution in [0.3, 0.4) is 0 Å². The first kappa shape index (κ1) is 19.0. The fraction of sp³-hybridized carbons (Fsp3) is 0.0500. The lowest BCUT2D eigenvalue weighted by atomic mass is 10.0. The van der Waals surface area contributed by atoms with Gasteiger partial charge in [-0.1, -0.05) is 35.3 Å². The first-order valence-corrected chi connectivity index (χ1v) is 9.30. The number of carboxylic acids is 1. The molecule has 1 aliphatic rings. The van der Waals surface area contributed by atoms with Crippen LogP contribution in [0.15, 0.2) is 66.5 Å². The molecule has 4 rings (SSSR count). The summed E-state index contributed by atoms with van der Waals surface area (Å²) in [5.74, 6) is -1.30. The number of amides is 1. The number of carboxylic acid groups (broad SMARTS) is 1. The third kappa shape index (κ3) is 3.83. The Balaban J connectivity index is 1.72. The Hall–Kier alpha value is -3.29. The van der Waals surface area contributed by atoms with Crippen molar-refractivity contribution in [2.75, 3.05) is 10.6 Å². The van der Waals surface area contributed by atoms with Gasteiger partial charge < -0.3 is 15.7 Å². The van der Waals surface area contributed by atoms with Gasteiger partial charge in [0, 0.05) is 15.7 Å². The minimum absolute atomic E-state index is 0.0523. The summed E-state index contributed by atoms with van der Waals surface area (Å²) in [7, 11) is 0. The second-order valence-electron chi connectivity index (χ2n) is 6.32. The summed E-state index contributed by atoms with van der Waals surface area (Å²) in [5, 5.41) is 20.4. The highest BCUT2D eigenvalue weighted by Crippen LogP contribution is 2.33. The van der Waals surface area contributed by atoms with Crippen LogP contribution in [0.1, 0.15) is 22.0 Å². The fourth-order valence-corrected chi connectivity index (χ4v) is 3.37. The van der Waals surface area contributed by atoms with Crippen LogP contribution in [0.4, 0.5) is 11.5 Å². The van der Waals surface area contributed by atoms with Crippen molar-refractivity contribution < 1.29 is 14.7 Å². The predicted molar refractivity (Wildman–Crippen MR) is 111 cm³/mol. The number of benzene rings is 2. The minimum Gasteiger partial charge on any atom is -0.477 e. The number of nitrogens with zero attached hydrogens (tertiary/aromatic N) is 2. The molecule has 3 aromatic rings. The summed E-state index contributed by atoms with van der Waals surface area (Å²) in [6, 6.07) is 13.2. The van der Waals surface area contributed by atoms with E-state index in [2.05, 4.69) is 15.7 Å². The molecule has 3 N–H and O–H groups in total. The zero-order valence-corrected chi connectivity index (χ0v) is 16.3. The van der Waals surface area contributed by atoms with E-state index < -0.39 is 17.9 Å². The Kier molecular flexibility index (Phi) is 5.00. The van der Waals surface area contributed by atoms with Gasteiger partial charge in [-0.15, -0.1) is 0 Å². The van der Waals surface area contributed by atoms with Gasteiger partial charge in [-0.25, -0.2) is 9.48 Å². The third-order valence-corrected chi connectivity index (χ3v) is 4.89. The van der Waals surface area contributed by atoms with E-state index in [1.54, 1.807) is 47.1 Å². The van der Waals surface area contributed by atoms with E-state index in [1.807, 2.05) is 6.07 Å². The minimum atomic E-state index is -1.14. The number of allylic oxidation sites excluding steroid dienone is 1. The first-order chi connectivity index (χ1) is 13.9. The summed E-state index contributed by atoms with van der Waals surface area (Å²) in [6.45, 7) is 0. The van der Waals surface area contributed by atoms with E-state index in [9.17, 15) is 14.7 Å². The molecular formula is C20H14Cl2N4O3. The maximum Gasteiger partial charge on any atom is 0.352 e. The second-order valence-corrected chi connectivity index (χ2v) is 7.20. The number of hydrogen-bond acceptors (Lipinski definition) is 4. The first-order valence-electron chi connectivity index (χ1n) is 8.54. The Bertz CT molecular complexity index is 1140. The smallest absolute Gasteiger partial charge is 0.352 e. The zero-order chi connectivity index (χ0) is 20.5. The quantitative estimate of drug-likeness (QED) is 0.571. The number of anilines is 2. The van der Waals surface area contributed by atoms with Crippen molar-refractivity contribution in [2.45, 2.75) is 6.04 Å². The van der Waals surface area contributed by atoms with Crippen LogP contribution in [0.5, 0.6) is 0 Å². The van der Waals surface area contributed by atoms with Gasteiger partial charge in [0.2, 0.25) is 0 Å². The number of carbonyl (C=O) groups is 2. The summed E-state index contributed by atoms with van der Waals surface area (Å²) in [4.78, 5) is 24.4. The molecule has 7 nitrogen and oxygen atoms in total. The van der Waals surface area contributed by atoms with Gasteiger partial charge in [-0.2, -0.15) is 5.10 Å². The number of fused-ring (bicyclic) bond motifs is 1. The largest absolute Gasteiger partial charge is 0.477 e. The average molecular weight is 429 g/mol. The van der Waals surface area contributed by atoms with Gasteiger partial charge in [-0.3, -0.25) is 4.79 Å². The fourth-order valence-electron chi connectivity index (χ4n) is 3.05. The molecule has 2 heterocycles. The third-order valence-electron chi connectivity index (χ3n) is 4.40. The molecular weight excluding hydrogens is 415 g/mol. The molecule has 0 bridgehead atoms. The molecule has 0 spiro atoms. The molecule has 2 aromatic carbocycles. The van der Waals surface area contributed by atoms with Crippen LogP contribution in [0.2, 0.25) is 10.0 Å². The monoisotopic (exact) mass is 428 g/mol. The number of aliphatic carboxylic acids is 1. The second kappa shape index (κ2) is 7.62. The van der Waals surface area contributed by atoms with E-state index in [0.717, 1.165) is 5.56 Å². The summed E-state index contributed by atoms with van der Waals surface area (Å²) < 4.78 is 1.55. The molecule has 0 radical (unpaired) electrons. The number of aromatic nitrogens is 2. The number of halogens is 2. The highest BCUT2D eigenvalue weighted by molar-refractivity contribution is 6.31. The van der Waals surface area contributed by atoms with Crippen LogP contribution in [0.25, 0.3) is 0 Å². The normalized spacial score (nSPS) is 15.1. The number of hydrogen-bond donors (Lipinski definition) is 3. The molecule has 0 fully saturated rings. The van der Waals surface area contributed by atoms with Crippen LogP contribution >= 0.6 is 23.2 Å². The average Bonchev–Trinajstić information content (AvgIpc) is 3.13. The van der Waals surface area contributed by atoms with Gasteiger partial charge in [0.25, 0.3) is 5.91 Å². The van der Waals surface area contributed by atoms with E-state index in [-0.39, 0.29) is 17.1 Å². The molecule has 146 valence electrons. The lowest BCUT2D eigenvalue weighted by Gasteiger charge is -2.24. The van der Waals surface area contributed by atoms with Crippen molar-refractivity contribution in [1.29, 1.82) is 0 Å². The maximum atomic E-state index is 12.8. The van der Waals surface area contributed by atoms with Crippen molar-refractivity contribution in [3.8, 4) is 0 Å². The summed E-state index contributed by atoms with van der Waals surface area (Å²) >= 11 is 12.0. The van der Waals surface area contributed by atoms with Crippen LogP contribution in [-0.4, -0.2) is 26.8 Å². The zero-order valence-electron chi connectivity index (χ0n) is 14.8. The Labute approximate surface area is 175 Å². The molecule has 9 heteroatoms. The van der Waals surface area contributed by atoms with Crippen molar-refractivity contribution in [2.24, 2.45) is 0 Å². The highest BCUT2D eigenvalue weighted by atomic mass is 35.5. The van der Waals surface area contributed by atoms with Crippen LogP contribution in [0, 0.1) is 0 Å². The van der Waals surface area contributed by atoms with E-state index >= 15 is 0 Å². The Morgan fingerprint density at radius 3 is 2.55 bits per heavy atom. The lowest BCUT2D eigenvalue weighted by molar-refractivity contribution is -0.132. The Morgan fingerprint density at radius 2 is 1.86 bits per heavy atom. The molecule has 1 amide bonds. The number of nitrogens with one attached hydrogen (secondary N) is 2. The lowest BCUT2D eigenvalue weighted by Crippen LogP contribution is -2.25. The number of rotatable bonds is 4. The van der Waals surface area contributed by atoms with Crippen molar-refractivity contribution >= 4 is 46.6 Å². The van der Waals surface area contributed by atoms with Crippen LogP contribution < -0.4 is 10.6 Å². The molecule has 0 unspecified atom stereocenters. The van der Waals surface area contributed by atoms with Gasteiger partial charge in [0.1, 0.15) is 17.1 Å². The van der Waals surface area contributed by atoms with E-state index in [4.69, 9.17) is 23.2 Å². The van der Waals surface area contributed by atoms with Crippen molar-refractivity contribution in [1.82, 2.24) is 9.78 Å². The number of carbonyl (C=O) groups excluding carboxylic acids is 1. The molecule has 0 saturated heterocycles. The molecule has 0 saturated carbocycles. The summed E-state index contributed by atoms with van der Waals surface area (Å²) in [6.07, 6.45) is 2.92. The van der Waals surface area contributed by atoms with E-state index in [1.165, 1.54) is 12.3 Å². The van der Waals surface area contributed by atoms with Crippen molar-refractivity contribution in [3.05, 3.63) is 87.7 Å².